The molecule has 6 nitrogen and oxygen atoms in total. The van der Waals surface area contributed by atoms with Crippen molar-refractivity contribution in [1.82, 2.24) is 5.43 Å². The van der Waals surface area contributed by atoms with Gasteiger partial charge in [0.05, 0.1) is 12.8 Å². The number of benzene rings is 2. The van der Waals surface area contributed by atoms with Gasteiger partial charge in [0, 0.05) is 5.69 Å². The largest absolute Gasteiger partial charge is 0.504 e. The predicted molar refractivity (Wildman–Crippen MR) is 99.3 cm³/mol. The molecule has 2 rings (SSSR count). The van der Waals surface area contributed by atoms with E-state index in [-0.39, 0.29) is 11.7 Å². The number of nitrogens with one attached hydrogen (secondary N) is 2. The fourth-order valence-corrected chi connectivity index (χ4v) is 2.12. The smallest absolute Gasteiger partial charge is 0.262 e. The normalized spacial score (nSPS) is 12.0. The number of carbonyl (C=O) groups is 1. The second-order valence-electron chi connectivity index (χ2n) is 5.63. The van der Waals surface area contributed by atoms with Gasteiger partial charge in [-0.3, -0.25) is 4.79 Å². The molecule has 3 N–H and O–H groups in total. The van der Waals surface area contributed by atoms with Crippen LogP contribution in [0.2, 0.25) is 0 Å². The molecule has 25 heavy (non-hydrogen) atoms. The number of aromatic hydroxyl groups is 1. The van der Waals surface area contributed by atoms with Crippen molar-refractivity contribution in [3.63, 3.8) is 0 Å². The molecule has 0 aliphatic carbocycles. The Morgan fingerprint density at radius 2 is 2.00 bits per heavy atom. The molecule has 0 saturated carbocycles. The third-order valence-electron chi connectivity index (χ3n) is 3.50. The Kier molecular flexibility index (Phi) is 6.39. The molecule has 0 fully saturated rings. The van der Waals surface area contributed by atoms with Gasteiger partial charge in [0.2, 0.25) is 0 Å². The van der Waals surface area contributed by atoms with Gasteiger partial charge in [-0.25, -0.2) is 5.43 Å². The van der Waals surface area contributed by atoms with Crippen LogP contribution in [0.1, 0.15) is 25.0 Å². The van der Waals surface area contributed by atoms with Crippen LogP contribution in [0, 0.1) is 6.92 Å². The molecule has 0 spiro atoms. The van der Waals surface area contributed by atoms with Gasteiger partial charge < -0.3 is 15.2 Å². The molecular formula is C19H23N3O3. The Hall–Kier alpha value is -3.02. The lowest BCUT2D eigenvalue weighted by Crippen LogP contribution is -2.34. The molecule has 0 saturated heterocycles. The molecule has 1 amide bonds. The topological polar surface area (TPSA) is 83.0 Å². The first-order valence-electron chi connectivity index (χ1n) is 8.11. The summed E-state index contributed by atoms with van der Waals surface area (Å²) in [5, 5.41) is 16.8. The molecule has 0 heterocycles. The van der Waals surface area contributed by atoms with Gasteiger partial charge in [0.15, 0.2) is 11.5 Å². The molecular weight excluding hydrogens is 318 g/mol. The van der Waals surface area contributed by atoms with E-state index in [9.17, 15) is 9.90 Å². The number of aryl methyl sites for hydroxylation is 1. The number of carbonyl (C=O) groups excluding carboxylic acids is 1. The summed E-state index contributed by atoms with van der Waals surface area (Å²) >= 11 is 0. The molecule has 0 radical (unpaired) electrons. The second kappa shape index (κ2) is 8.73. The fraction of sp³-hybridized carbons (Fsp3) is 0.263. The minimum absolute atomic E-state index is 0.0338. The van der Waals surface area contributed by atoms with Gasteiger partial charge in [-0.2, -0.15) is 5.10 Å². The number of hydrogen-bond acceptors (Lipinski definition) is 5. The third-order valence-corrected chi connectivity index (χ3v) is 3.50. The van der Waals surface area contributed by atoms with Crippen LogP contribution < -0.4 is 15.5 Å². The summed E-state index contributed by atoms with van der Waals surface area (Å²) < 4.78 is 5.26. The Labute approximate surface area is 147 Å². The summed E-state index contributed by atoms with van der Waals surface area (Å²) in [6.45, 7) is 6.08. The van der Waals surface area contributed by atoms with Crippen molar-refractivity contribution in [1.29, 1.82) is 0 Å². The van der Waals surface area contributed by atoms with Crippen LogP contribution in [0.3, 0.4) is 0 Å². The zero-order chi connectivity index (χ0) is 18.2. The van der Waals surface area contributed by atoms with Crippen molar-refractivity contribution in [3.8, 4) is 11.5 Å². The highest BCUT2D eigenvalue weighted by Gasteiger charge is 2.11. The van der Waals surface area contributed by atoms with E-state index in [0.717, 1.165) is 11.3 Å². The standard InChI is InChI=1S/C19H23N3O3/c1-4-25-18-10-7-15(11-17(18)23)12-20-22-19(24)14(3)21-16-8-5-13(2)6-9-16/h5-12,14,21,23H,4H2,1-3H3,(H,22,24)/b20-12+. The maximum atomic E-state index is 12.1. The van der Waals surface area contributed by atoms with E-state index >= 15 is 0 Å². The zero-order valence-electron chi connectivity index (χ0n) is 14.6. The molecule has 1 atom stereocenters. The van der Waals surface area contributed by atoms with Crippen LogP contribution in [-0.2, 0) is 4.79 Å². The van der Waals surface area contributed by atoms with Gasteiger partial charge >= 0.3 is 0 Å². The van der Waals surface area contributed by atoms with Crippen LogP contribution in [-0.4, -0.2) is 29.9 Å². The third kappa shape index (κ3) is 5.53. The van der Waals surface area contributed by atoms with Crippen molar-refractivity contribution in [2.75, 3.05) is 11.9 Å². The number of phenolic OH excluding ortho intramolecular Hbond substituents is 1. The van der Waals surface area contributed by atoms with Gasteiger partial charge in [0.25, 0.3) is 5.91 Å². The number of ether oxygens (including phenoxy) is 1. The first-order chi connectivity index (χ1) is 12.0. The highest BCUT2D eigenvalue weighted by atomic mass is 16.5. The van der Waals surface area contributed by atoms with Crippen molar-refractivity contribution in [2.24, 2.45) is 5.10 Å². The Morgan fingerprint density at radius 3 is 2.64 bits per heavy atom. The monoisotopic (exact) mass is 341 g/mol. The van der Waals surface area contributed by atoms with Crippen LogP contribution in [0.15, 0.2) is 47.6 Å². The van der Waals surface area contributed by atoms with Gasteiger partial charge in [-0.05, 0) is 56.7 Å². The Bertz CT molecular complexity index is 742. The second-order valence-corrected chi connectivity index (χ2v) is 5.63. The minimum atomic E-state index is -0.436. The van der Waals surface area contributed by atoms with E-state index in [2.05, 4.69) is 15.8 Å². The highest BCUT2D eigenvalue weighted by Crippen LogP contribution is 2.26. The number of nitrogens with zero attached hydrogens (tertiary/aromatic N) is 1. The van der Waals surface area contributed by atoms with Gasteiger partial charge in [-0.1, -0.05) is 17.7 Å². The molecule has 1 unspecified atom stereocenters. The Balaban J connectivity index is 1.89. The summed E-state index contributed by atoms with van der Waals surface area (Å²) in [6.07, 6.45) is 1.46. The van der Waals surface area contributed by atoms with Crippen LogP contribution in [0.5, 0.6) is 11.5 Å². The first-order valence-corrected chi connectivity index (χ1v) is 8.11. The predicted octanol–water partition coefficient (Wildman–Crippen LogP) is 3.05. The molecule has 132 valence electrons. The number of rotatable bonds is 7. The van der Waals surface area contributed by atoms with Crippen LogP contribution >= 0.6 is 0 Å². The highest BCUT2D eigenvalue weighted by molar-refractivity contribution is 5.86. The zero-order valence-corrected chi connectivity index (χ0v) is 14.6. The number of anilines is 1. The molecule has 0 bridgehead atoms. The number of hydrogen-bond donors (Lipinski definition) is 3. The lowest BCUT2D eigenvalue weighted by atomic mass is 10.2. The van der Waals surface area contributed by atoms with E-state index in [4.69, 9.17) is 4.74 Å². The van der Waals surface area contributed by atoms with Crippen LogP contribution in [0.4, 0.5) is 5.69 Å². The number of phenols is 1. The molecule has 6 heteroatoms. The van der Waals surface area contributed by atoms with Gasteiger partial charge in [0.1, 0.15) is 6.04 Å². The summed E-state index contributed by atoms with van der Waals surface area (Å²) in [6, 6.07) is 12.3. The summed E-state index contributed by atoms with van der Waals surface area (Å²) in [5.41, 5.74) is 5.16. The lowest BCUT2D eigenvalue weighted by molar-refractivity contribution is -0.121. The van der Waals surface area contributed by atoms with E-state index < -0.39 is 6.04 Å². The Morgan fingerprint density at radius 1 is 1.28 bits per heavy atom. The minimum Gasteiger partial charge on any atom is -0.504 e. The molecule has 2 aromatic rings. The van der Waals surface area contributed by atoms with E-state index in [1.165, 1.54) is 12.3 Å². The molecule has 0 aromatic heterocycles. The summed E-state index contributed by atoms with van der Waals surface area (Å²) in [7, 11) is 0. The summed E-state index contributed by atoms with van der Waals surface area (Å²) in [4.78, 5) is 12.1. The maximum Gasteiger partial charge on any atom is 0.262 e. The lowest BCUT2D eigenvalue weighted by Gasteiger charge is -2.13. The number of hydrazone groups is 1. The SMILES string of the molecule is CCOc1ccc(/C=N/NC(=O)C(C)Nc2ccc(C)cc2)cc1O. The average Bonchev–Trinajstić information content (AvgIpc) is 2.59. The summed E-state index contributed by atoms with van der Waals surface area (Å²) in [5.74, 6) is 0.193. The van der Waals surface area contributed by atoms with Crippen molar-refractivity contribution in [2.45, 2.75) is 26.8 Å². The van der Waals surface area contributed by atoms with Crippen molar-refractivity contribution < 1.29 is 14.6 Å². The fourth-order valence-electron chi connectivity index (χ4n) is 2.12. The average molecular weight is 341 g/mol. The molecule has 0 aliphatic heterocycles. The van der Waals surface area contributed by atoms with Gasteiger partial charge in [-0.15, -0.1) is 0 Å². The molecule has 2 aromatic carbocycles. The first kappa shape index (κ1) is 18.3. The molecule has 0 aliphatic rings. The van der Waals surface area contributed by atoms with Crippen molar-refractivity contribution in [3.05, 3.63) is 53.6 Å². The quantitative estimate of drug-likeness (QED) is 0.534. The number of amides is 1. The van der Waals surface area contributed by atoms with Crippen LogP contribution in [0.25, 0.3) is 0 Å². The maximum absolute atomic E-state index is 12.1. The van der Waals surface area contributed by atoms with E-state index in [1.54, 1.807) is 19.1 Å². The van der Waals surface area contributed by atoms with Crippen molar-refractivity contribution >= 4 is 17.8 Å². The van der Waals surface area contributed by atoms with E-state index in [1.807, 2.05) is 38.1 Å². The van der Waals surface area contributed by atoms with E-state index in [0.29, 0.717) is 17.9 Å².